The molecule has 0 atom stereocenters. The molecular weight excluding hydrogens is 298 g/mol. The van der Waals surface area contributed by atoms with Gasteiger partial charge < -0.3 is 10.8 Å². The maximum Gasteiger partial charge on any atom is 0.115 e. The highest BCUT2D eigenvalue weighted by Crippen LogP contribution is 2.32. The topological polar surface area (TPSA) is 72.0 Å². The zero-order valence-electron chi connectivity index (χ0n) is 12.8. The molecule has 0 aliphatic carbocycles. The Morgan fingerprint density at radius 1 is 0.667 bits per heavy atom. The van der Waals surface area contributed by atoms with Gasteiger partial charge in [0.1, 0.15) is 5.75 Å². The molecule has 0 unspecified atom stereocenters. The summed E-state index contributed by atoms with van der Waals surface area (Å²) in [4.78, 5) is 9.59. The van der Waals surface area contributed by atoms with Crippen molar-refractivity contribution in [2.75, 3.05) is 5.73 Å². The lowest BCUT2D eigenvalue weighted by atomic mass is 10.0. The van der Waals surface area contributed by atoms with Crippen LogP contribution >= 0.6 is 0 Å². The lowest BCUT2D eigenvalue weighted by Gasteiger charge is -2.11. The lowest BCUT2D eigenvalue weighted by Crippen LogP contribution is -1.96. The Bertz CT molecular complexity index is 1010. The Balaban J connectivity index is 2.02. The summed E-state index contributed by atoms with van der Waals surface area (Å²) in [5, 5.41) is 9.55. The third-order valence-corrected chi connectivity index (χ3v) is 3.88. The molecule has 24 heavy (non-hydrogen) atoms. The van der Waals surface area contributed by atoms with Crippen LogP contribution in [0.1, 0.15) is 0 Å². The van der Waals surface area contributed by atoms with Crippen LogP contribution in [0.4, 0.5) is 5.69 Å². The second-order valence-electron chi connectivity index (χ2n) is 5.58. The molecule has 4 nitrogen and oxygen atoms in total. The predicted molar refractivity (Wildman–Crippen MR) is 96.5 cm³/mol. The first-order valence-corrected chi connectivity index (χ1v) is 7.63. The summed E-state index contributed by atoms with van der Waals surface area (Å²) in [6, 6.07) is 22.4. The first kappa shape index (κ1) is 14.2. The number of nitrogens with two attached hydrogens (primary N) is 1. The number of anilines is 1. The average molecular weight is 313 g/mol. The number of phenols is 1. The van der Waals surface area contributed by atoms with Gasteiger partial charge in [0.2, 0.25) is 0 Å². The Morgan fingerprint density at radius 2 is 1.29 bits per heavy atom. The molecule has 0 aliphatic rings. The number of phenolic OH excluding ortho intramolecular Hbond substituents is 1. The van der Waals surface area contributed by atoms with Crippen LogP contribution in [0.25, 0.3) is 33.5 Å². The van der Waals surface area contributed by atoms with Crippen molar-refractivity contribution in [1.29, 1.82) is 0 Å². The molecule has 0 saturated heterocycles. The van der Waals surface area contributed by atoms with Crippen molar-refractivity contribution in [3.05, 3.63) is 72.8 Å². The van der Waals surface area contributed by atoms with Crippen molar-refractivity contribution >= 4 is 16.7 Å². The first-order chi connectivity index (χ1) is 11.7. The Labute approximate surface area is 139 Å². The van der Waals surface area contributed by atoms with Crippen LogP contribution in [-0.2, 0) is 0 Å². The molecule has 116 valence electrons. The Kier molecular flexibility index (Phi) is 3.35. The van der Waals surface area contributed by atoms with E-state index in [9.17, 15) is 5.11 Å². The second-order valence-corrected chi connectivity index (χ2v) is 5.58. The number of aromatic nitrogens is 2. The summed E-state index contributed by atoms with van der Waals surface area (Å²) in [5.74, 6) is 0.220. The van der Waals surface area contributed by atoms with Crippen LogP contribution in [0.5, 0.6) is 5.75 Å². The highest BCUT2D eigenvalue weighted by Gasteiger charge is 2.13. The summed E-state index contributed by atoms with van der Waals surface area (Å²) in [5.41, 5.74) is 11.5. The van der Waals surface area contributed by atoms with Crippen LogP contribution in [-0.4, -0.2) is 15.1 Å². The van der Waals surface area contributed by atoms with Gasteiger partial charge in [-0.15, -0.1) is 0 Å². The smallest absolute Gasteiger partial charge is 0.115 e. The highest BCUT2D eigenvalue weighted by molar-refractivity contribution is 5.87. The molecule has 1 aromatic heterocycles. The number of nitrogen functional groups attached to an aromatic ring is 1. The molecule has 1 heterocycles. The van der Waals surface area contributed by atoms with E-state index in [0.717, 1.165) is 33.5 Å². The minimum atomic E-state index is 0.220. The number of aromatic hydroxyl groups is 1. The van der Waals surface area contributed by atoms with Crippen molar-refractivity contribution in [2.45, 2.75) is 0 Å². The maximum absolute atomic E-state index is 9.55. The van der Waals surface area contributed by atoms with Crippen LogP contribution < -0.4 is 5.73 Å². The van der Waals surface area contributed by atoms with Crippen LogP contribution in [0.15, 0.2) is 72.8 Å². The number of hydrogen-bond acceptors (Lipinski definition) is 4. The molecule has 0 fully saturated rings. The number of fused-ring (bicyclic) bond motifs is 1. The molecule has 3 aromatic carbocycles. The normalized spacial score (nSPS) is 10.8. The highest BCUT2D eigenvalue weighted by atomic mass is 16.3. The summed E-state index contributed by atoms with van der Waals surface area (Å²) in [7, 11) is 0. The zero-order chi connectivity index (χ0) is 16.5. The van der Waals surface area contributed by atoms with Gasteiger partial charge in [-0.05, 0) is 42.5 Å². The third-order valence-electron chi connectivity index (χ3n) is 3.88. The molecule has 0 saturated carbocycles. The van der Waals surface area contributed by atoms with Crippen LogP contribution in [0.3, 0.4) is 0 Å². The third kappa shape index (κ3) is 2.54. The molecule has 4 aromatic rings. The van der Waals surface area contributed by atoms with Gasteiger partial charge in [0, 0.05) is 16.8 Å². The standard InChI is InChI=1S/C20H15N3O/c21-15-8-11-17-18(12-15)23-20(14-6-9-16(24)10-7-14)19(22-17)13-4-2-1-3-5-13/h1-12,24H,21H2. The summed E-state index contributed by atoms with van der Waals surface area (Å²) >= 11 is 0. The SMILES string of the molecule is Nc1ccc2nc(-c3ccccc3)c(-c3ccc(O)cc3)nc2c1. The minimum Gasteiger partial charge on any atom is -0.508 e. The van der Waals surface area contributed by atoms with E-state index >= 15 is 0 Å². The van der Waals surface area contributed by atoms with E-state index in [0.29, 0.717) is 5.69 Å². The van der Waals surface area contributed by atoms with Crippen molar-refractivity contribution in [2.24, 2.45) is 0 Å². The van der Waals surface area contributed by atoms with E-state index < -0.39 is 0 Å². The Morgan fingerprint density at radius 3 is 2.00 bits per heavy atom. The van der Waals surface area contributed by atoms with Gasteiger partial charge in [-0.3, -0.25) is 0 Å². The lowest BCUT2D eigenvalue weighted by molar-refractivity contribution is 0.475. The largest absolute Gasteiger partial charge is 0.508 e. The van der Waals surface area contributed by atoms with Crippen molar-refractivity contribution in [3.63, 3.8) is 0 Å². The summed E-state index contributed by atoms with van der Waals surface area (Å²) < 4.78 is 0. The maximum atomic E-state index is 9.55. The molecular formula is C20H15N3O. The van der Waals surface area contributed by atoms with Crippen molar-refractivity contribution < 1.29 is 5.11 Å². The van der Waals surface area contributed by atoms with E-state index in [2.05, 4.69) is 0 Å². The number of nitrogens with zero attached hydrogens (tertiary/aromatic N) is 2. The van der Waals surface area contributed by atoms with Crippen molar-refractivity contribution in [3.8, 4) is 28.3 Å². The molecule has 0 radical (unpaired) electrons. The molecule has 3 N–H and O–H groups in total. The number of rotatable bonds is 2. The summed E-state index contributed by atoms with van der Waals surface area (Å²) in [6.45, 7) is 0. The van der Waals surface area contributed by atoms with Crippen molar-refractivity contribution in [1.82, 2.24) is 9.97 Å². The average Bonchev–Trinajstić information content (AvgIpc) is 2.62. The van der Waals surface area contributed by atoms with Gasteiger partial charge in [-0.1, -0.05) is 30.3 Å². The molecule has 0 aliphatic heterocycles. The predicted octanol–water partition coefficient (Wildman–Crippen LogP) is 4.25. The minimum absolute atomic E-state index is 0.220. The summed E-state index contributed by atoms with van der Waals surface area (Å²) in [6.07, 6.45) is 0. The zero-order valence-corrected chi connectivity index (χ0v) is 12.8. The van der Waals surface area contributed by atoms with Gasteiger partial charge in [0.25, 0.3) is 0 Å². The van der Waals surface area contributed by atoms with Gasteiger partial charge in [0.15, 0.2) is 0 Å². The number of hydrogen-bond donors (Lipinski definition) is 2. The van der Waals surface area contributed by atoms with E-state index in [4.69, 9.17) is 15.7 Å². The van der Waals surface area contributed by atoms with E-state index in [1.165, 1.54) is 0 Å². The fourth-order valence-electron chi connectivity index (χ4n) is 2.69. The number of benzene rings is 3. The fourth-order valence-corrected chi connectivity index (χ4v) is 2.69. The monoisotopic (exact) mass is 313 g/mol. The first-order valence-electron chi connectivity index (χ1n) is 7.63. The van der Waals surface area contributed by atoms with E-state index in [-0.39, 0.29) is 5.75 Å². The molecule has 4 heteroatoms. The van der Waals surface area contributed by atoms with Crippen LogP contribution in [0, 0.1) is 0 Å². The molecule has 4 rings (SSSR count). The van der Waals surface area contributed by atoms with E-state index in [1.807, 2.05) is 60.7 Å². The van der Waals surface area contributed by atoms with Gasteiger partial charge in [-0.2, -0.15) is 0 Å². The fraction of sp³-hybridized carbons (Fsp3) is 0. The van der Waals surface area contributed by atoms with Gasteiger partial charge in [-0.25, -0.2) is 9.97 Å². The second kappa shape index (κ2) is 5.66. The molecule has 0 amide bonds. The Hall–Kier alpha value is -3.40. The van der Waals surface area contributed by atoms with E-state index in [1.54, 1.807) is 12.1 Å². The van der Waals surface area contributed by atoms with Gasteiger partial charge in [0.05, 0.1) is 22.4 Å². The van der Waals surface area contributed by atoms with Crippen LogP contribution in [0.2, 0.25) is 0 Å². The molecule has 0 spiro atoms. The van der Waals surface area contributed by atoms with Gasteiger partial charge >= 0.3 is 0 Å². The quantitative estimate of drug-likeness (QED) is 0.543. The molecule has 0 bridgehead atoms.